The number of fused-ring (bicyclic) bond motifs is 1. The molecule has 2 atom stereocenters. The minimum absolute atomic E-state index is 0.0284. The van der Waals surface area contributed by atoms with Crippen molar-refractivity contribution in [2.45, 2.75) is 39.7 Å². The molecule has 37 heavy (non-hydrogen) atoms. The number of rotatable bonds is 6. The van der Waals surface area contributed by atoms with Crippen LogP contribution in [0, 0.1) is 5.92 Å². The van der Waals surface area contributed by atoms with Gasteiger partial charge in [0, 0.05) is 34.3 Å². The van der Waals surface area contributed by atoms with E-state index in [1.807, 2.05) is 53.8 Å². The van der Waals surface area contributed by atoms with Crippen LogP contribution in [-0.4, -0.2) is 33.5 Å². The summed E-state index contributed by atoms with van der Waals surface area (Å²) in [6.45, 7) is 6.07. The van der Waals surface area contributed by atoms with E-state index in [-0.39, 0.29) is 23.8 Å². The lowest BCUT2D eigenvalue weighted by atomic mass is 10.1. The average Bonchev–Trinajstić information content (AvgIpc) is 3.39. The van der Waals surface area contributed by atoms with Gasteiger partial charge in [0.05, 0.1) is 22.5 Å². The molecule has 3 amide bonds. The number of aryl methyl sites for hydroxylation is 1. The van der Waals surface area contributed by atoms with Gasteiger partial charge in [-0.15, -0.1) is 0 Å². The zero-order chi connectivity index (χ0) is 26.3. The highest BCUT2D eigenvalue weighted by Crippen LogP contribution is 2.32. The second kappa shape index (κ2) is 9.54. The van der Waals surface area contributed by atoms with Crippen LogP contribution in [0.4, 0.5) is 11.4 Å². The fraction of sp³-hybridized carbons (Fsp3) is 0.241. The van der Waals surface area contributed by atoms with Gasteiger partial charge in [0.2, 0.25) is 11.8 Å². The lowest BCUT2D eigenvalue weighted by Gasteiger charge is -2.22. The van der Waals surface area contributed by atoms with E-state index in [1.54, 1.807) is 36.4 Å². The standard InChI is InChI=1S/C29H29N5O3/c1-4-25-26-23(28(36)31-20-8-5-7-19(16-20)27(30)35)9-6-10-24(26)32-34(25)22-13-11-21(12-14-22)33-18(3)15-17(2)29(33)37/h5-14,16-18H,4,15H2,1-3H3,(H2,30,35)(H,31,36). The van der Waals surface area contributed by atoms with Gasteiger partial charge in [-0.3, -0.25) is 14.4 Å². The van der Waals surface area contributed by atoms with E-state index in [2.05, 4.69) is 12.2 Å². The third kappa shape index (κ3) is 4.35. The lowest BCUT2D eigenvalue weighted by molar-refractivity contribution is -0.120. The van der Waals surface area contributed by atoms with E-state index in [4.69, 9.17) is 10.8 Å². The molecule has 3 aromatic carbocycles. The maximum atomic E-state index is 13.3. The summed E-state index contributed by atoms with van der Waals surface area (Å²) in [5.74, 6) is -0.679. The maximum Gasteiger partial charge on any atom is 0.256 e. The highest BCUT2D eigenvalue weighted by Gasteiger charge is 2.35. The van der Waals surface area contributed by atoms with E-state index in [9.17, 15) is 14.4 Å². The normalized spacial score (nSPS) is 17.4. The Morgan fingerprint density at radius 3 is 2.38 bits per heavy atom. The van der Waals surface area contributed by atoms with Crippen molar-refractivity contribution in [3.05, 3.63) is 83.6 Å². The van der Waals surface area contributed by atoms with Crippen molar-refractivity contribution < 1.29 is 14.4 Å². The Kier molecular flexibility index (Phi) is 6.25. The molecule has 3 N–H and O–H groups in total. The third-order valence-electron chi connectivity index (χ3n) is 6.95. The zero-order valence-corrected chi connectivity index (χ0v) is 21.1. The molecule has 0 aliphatic carbocycles. The summed E-state index contributed by atoms with van der Waals surface area (Å²) in [5, 5.41) is 8.45. The van der Waals surface area contributed by atoms with Crippen molar-refractivity contribution in [3.8, 4) is 5.69 Å². The lowest BCUT2D eigenvalue weighted by Crippen LogP contribution is -2.31. The summed E-state index contributed by atoms with van der Waals surface area (Å²) >= 11 is 0. The number of nitrogens with one attached hydrogen (secondary N) is 1. The van der Waals surface area contributed by atoms with Crippen molar-refractivity contribution in [1.29, 1.82) is 0 Å². The van der Waals surface area contributed by atoms with Crippen molar-refractivity contribution in [3.63, 3.8) is 0 Å². The number of carbonyl (C=O) groups excluding carboxylic acids is 3. The molecule has 2 unspecified atom stereocenters. The molecule has 8 heteroatoms. The molecule has 5 rings (SSSR count). The first-order chi connectivity index (χ1) is 17.8. The smallest absolute Gasteiger partial charge is 0.256 e. The molecular weight excluding hydrogens is 466 g/mol. The minimum atomic E-state index is -0.558. The number of hydrogen-bond donors (Lipinski definition) is 2. The molecule has 0 radical (unpaired) electrons. The second-order valence-electron chi connectivity index (χ2n) is 9.52. The van der Waals surface area contributed by atoms with Crippen LogP contribution in [0.3, 0.4) is 0 Å². The molecule has 1 aliphatic rings. The number of aromatic nitrogens is 2. The summed E-state index contributed by atoms with van der Waals surface area (Å²) in [4.78, 5) is 39.3. The number of nitrogens with zero attached hydrogens (tertiary/aromatic N) is 3. The number of carbonyl (C=O) groups is 3. The van der Waals surface area contributed by atoms with Crippen molar-refractivity contribution in [2.24, 2.45) is 11.7 Å². The fourth-order valence-corrected chi connectivity index (χ4v) is 5.19. The quantitative estimate of drug-likeness (QED) is 0.404. The Balaban J connectivity index is 1.50. The zero-order valence-electron chi connectivity index (χ0n) is 21.1. The monoisotopic (exact) mass is 495 g/mol. The number of primary amides is 1. The van der Waals surface area contributed by atoms with E-state index in [0.29, 0.717) is 28.8 Å². The van der Waals surface area contributed by atoms with Crippen LogP contribution >= 0.6 is 0 Å². The Morgan fingerprint density at radius 2 is 1.73 bits per heavy atom. The molecule has 0 spiro atoms. The van der Waals surface area contributed by atoms with Crippen LogP contribution in [0.5, 0.6) is 0 Å². The van der Waals surface area contributed by atoms with E-state index >= 15 is 0 Å². The average molecular weight is 496 g/mol. The summed E-state index contributed by atoms with van der Waals surface area (Å²) < 4.78 is 1.86. The van der Waals surface area contributed by atoms with Gasteiger partial charge in [-0.1, -0.05) is 26.0 Å². The van der Waals surface area contributed by atoms with Crippen LogP contribution in [-0.2, 0) is 11.2 Å². The van der Waals surface area contributed by atoms with Crippen molar-refractivity contribution >= 4 is 40.0 Å². The van der Waals surface area contributed by atoms with Crippen LogP contribution in [0.2, 0.25) is 0 Å². The Labute approximate surface area is 215 Å². The first-order valence-corrected chi connectivity index (χ1v) is 12.4. The summed E-state index contributed by atoms with van der Waals surface area (Å²) in [7, 11) is 0. The Bertz CT molecular complexity index is 1520. The fourth-order valence-electron chi connectivity index (χ4n) is 5.19. The SMILES string of the molecule is CCc1c2c(C(=O)Nc3cccc(C(N)=O)c3)cccc2nn1-c1ccc(N2C(=O)C(C)CC2C)cc1. The van der Waals surface area contributed by atoms with Gasteiger partial charge in [0.25, 0.3) is 5.91 Å². The van der Waals surface area contributed by atoms with Crippen LogP contribution < -0.4 is 16.0 Å². The highest BCUT2D eigenvalue weighted by atomic mass is 16.2. The topological polar surface area (TPSA) is 110 Å². The number of amides is 3. The first kappa shape index (κ1) is 24.2. The van der Waals surface area contributed by atoms with Gasteiger partial charge in [0.15, 0.2) is 0 Å². The molecule has 1 aliphatic heterocycles. The van der Waals surface area contributed by atoms with Gasteiger partial charge in [-0.2, -0.15) is 5.10 Å². The summed E-state index contributed by atoms with van der Waals surface area (Å²) in [5.41, 5.74) is 10.0. The van der Waals surface area contributed by atoms with Gasteiger partial charge < -0.3 is 16.0 Å². The Morgan fingerprint density at radius 1 is 1.03 bits per heavy atom. The number of anilines is 2. The van der Waals surface area contributed by atoms with Crippen molar-refractivity contribution in [1.82, 2.24) is 9.78 Å². The largest absolute Gasteiger partial charge is 0.366 e. The molecule has 188 valence electrons. The van der Waals surface area contributed by atoms with Crippen LogP contribution in [0.15, 0.2) is 66.7 Å². The highest BCUT2D eigenvalue weighted by molar-refractivity contribution is 6.13. The predicted molar refractivity (Wildman–Crippen MR) is 144 cm³/mol. The molecule has 2 heterocycles. The summed E-state index contributed by atoms with van der Waals surface area (Å²) in [6.07, 6.45) is 1.50. The molecule has 1 fully saturated rings. The van der Waals surface area contributed by atoms with E-state index in [0.717, 1.165) is 28.9 Å². The maximum absolute atomic E-state index is 13.3. The van der Waals surface area contributed by atoms with Crippen molar-refractivity contribution in [2.75, 3.05) is 10.2 Å². The third-order valence-corrected chi connectivity index (χ3v) is 6.95. The van der Waals surface area contributed by atoms with Crippen LogP contribution in [0.1, 0.15) is 53.6 Å². The second-order valence-corrected chi connectivity index (χ2v) is 9.52. The van der Waals surface area contributed by atoms with E-state index in [1.165, 1.54) is 0 Å². The number of hydrogen-bond acceptors (Lipinski definition) is 4. The predicted octanol–water partition coefficient (Wildman–Crippen LogP) is 4.70. The summed E-state index contributed by atoms with van der Waals surface area (Å²) in [6, 6.07) is 20.0. The molecular formula is C29H29N5O3. The van der Waals surface area contributed by atoms with Gasteiger partial charge >= 0.3 is 0 Å². The number of nitrogens with two attached hydrogens (primary N) is 1. The molecule has 1 saturated heterocycles. The molecule has 0 saturated carbocycles. The first-order valence-electron chi connectivity index (χ1n) is 12.4. The minimum Gasteiger partial charge on any atom is -0.366 e. The molecule has 0 bridgehead atoms. The van der Waals surface area contributed by atoms with E-state index < -0.39 is 5.91 Å². The van der Waals surface area contributed by atoms with Gasteiger partial charge in [-0.25, -0.2) is 4.68 Å². The van der Waals surface area contributed by atoms with Crippen LogP contribution in [0.25, 0.3) is 16.6 Å². The molecule has 4 aromatic rings. The van der Waals surface area contributed by atoms with Gasteiger partial charge in [0.1, 0.15) is 0 Å². The Hall–Kier alpha value is -4.46. The van der Waals surface area contributed by atoms with Gasteiger partial charge in [-0.05, 0) is 74.4 Å². The molecule has 8 nitrogen and oxygen atoms in total. The number of benzene rings is 3. The molecule has 1 aromatic heterocycles.